The first-order valence-electron chi connectivity index (χ1n) is 9.07. The third-order valence-corrected chi connectivity index (χ3v) is 6.37. The Kier molecular flexibility index (Phi) is 5.79. The molecule has 1 fully saturated rings. The second-order valence-corrected chi connectivity index (χ2v) is 8.64. The first-order chi connectivity index (χ1) is 12.4. The van der Waals surface area contributed by atoms with Gasteiger partial charge in [-0.15, -0.1) is 0 Å². The number of rotatable bonds is 5. The zero-order valence-electron chi connectivity index (χ0n) is 15.7. The number of hydrogen-bond acceptors (Lipinski definition) is 5. The molecule has 1 N–H and O–H groups in total. The van der Waals surface area contributed by atoms with Crippen LogP contribution < -0.4 is 4.72 Å². The topological polar surface area (TPSA) is 71.0 Å². The molecule has 142 valence electrons. The molecule has 2 aliphatic rings. The van der Waals surface area contributed by atoms with Crippen LogP contribution in [0, 0.1) is 0 Å². The zero-order chi connectivity index (χ0) is 18.7. The van der Waals surface area contributed by atoms with Crippen LogP contribution in [0.5, 0.6) is 0 Å². The maximum atomic E-state index is 12.6. The standard InChI is InChI=1S/C19H27N3O3S/c1-14(2)16-4-6-17(7-5-16)18-15(3)19(21-26(18,23)24)20-8-9-22-10-12-25-13-11-22/h4-7,14H,8-13H2,1-3H3,(H,20,21). The Bertz CT molecular complexity index is 805. The van der Waals surface area contributed by atoms with Crippen LogP contribution in [-0.2, 0) is 14.8 Å². The van der Waals surface area contributed by atoms with Gasteiger partial charge in [0, 0.05) is 25.2 Å². The van der Waals surface area contributed by atoms with Gasteiger partial charge in [-0.25, -0.2) is 8.42 Å². The maximum Gasteiger partial charge on any atom is 0.264 e. The van der Waals surface area contributed by atoms with Crippen molar-refractivity contribution < 1.29 is 13.2 Å². The first kappa shape index (κ1) is 19.1. The highest BCUT2D eigenvalue weighted by Gasteiger charge is 2.32. The Balaban J connectivity index is 1.78. The molecule has 2 heterocycles. The molecular formula is C19H27N3O3S. The van der Waals surface area contributed by atoms with Crippen LogP contribution in [0.1, 0.15) is 37.8 Å². The van der Waals surface area contributed by atoms with Gasteiger partial charge in [0.1, 0.15) is 10.7 Å². The van der Waals surface area contributed by atoms with E-state index in [0.29, 0.717) is 34.3 Å². The van der Waals surface area contributed by atoms with Crippen LogP contribution >= 0.6 is 0 Å². The number of nitrogens with zero attached hydrogens (tertiary/aromatic N) is 2. The lowest BCUT2D eigenvalue weighted by Gasteiger charge is -2.25. The molecule has 1 saturated heterocycles. The van der Waals surface area contributed by atoms with Crippen molar-refractivity contribution in [3.8, 4) is 0 Å². The number of nitrogens with one attached hydrogen (secondary N) is 1. The van der Waals surface area contributed by atoms with Gasteiger partial charge in [0.15, 0.2) is 0 Å². The van der Waals surface area contributed by atoms with Crippen molar-refractivity contribution in [2.75, 3.05) is 39.4 Å². The van der Waals surface area contributed by atoms with E-state index in [4.69, 9.17) is 4.74 Å². The van der Waals surface area contributed by atoms with Crippen LogP contribution in [0.2, 0.25) is 0 Å². The fourth-order valence-corrected chi connectivity index (χ4v) is 4.75. The van der Waals surface area contributed by atoms with Gasteiger partial charge in [0.25, 0.3) is 10.0 Å². The normalized spacial score (nSPS) is 22.2. The largest absolute Gasteiger partial charge is 0.379 e. The summed E-state index contributed by atoms with van der Waals surface area (Å²) in [5.41, 5.74) is 2.58. The second-order valence-electron chi connectivity index (χ2n) is 7.02. The molecule has 0 bridgehead atoms. The fraction of sp³-hybridized carbons (Fsp3) is 0.526. The van der Waals surface area contributed by atoms with Gasteiger partial charge >= 0.3 is 0 Å². The van der Waals surface area contributed by atoms with Gasteiger partial charge in [-0.1, -0.05) is 38.1 Å². The molecule has 6 nitrogen and oxygen atoms in total. The summed E-state index contributed by atoms with van der Waals surface area (Å²) in [6, 6.07) is 7.74. The van der Waals surface area contributed by atoms with Crippen molar-refractivity contribution >= 4 is 20.8 Å². The molecule has 3 rings (SSSR count). The van der Waals surface area contributed by atoms with E-state index >= 15 is 0 Å². The predicted molar refractivity (Wildman–Crippen MR) is 105 cm³/mol. The summed E-state index contributed by atoms with van der Waals surface area (Å²) in [5, 5.41) is 0. The molecule has 2 aliphatic heterocycles. The number of ether oxygens (including phenoxy) is 1. The monoisotopic (exact) mass is 377 g/mol. The van der Waals surface area contributed by atoms with Crippen molar-refractivity contribution in [2.45, 2.75) is 26.7 Å². The van der Waals surface area contributed by atoms with E-state index in [2.05, 4.69) is 28.5 Å². The average molecular weight is 378 g/mol. The molecule has 1 aromatic rings. The lowest BCUT2D eigenvalue weighted by molar-refractivity contribution is 0.0394. The minimum absolute atomic E-state index is 0.331. The smallest absolute Gasteiger partial charge is 0.264 e. The Morgan fingerprint density at radius 2 is 1.85 bits per heavy atom. The molecule has 0 aromatic heterocycles. The minimum Gasteiger partial charge on any atom is -0.379 e. The lowest BCUT2D eigenvalue weighted by Crippen LogP contribution is -2.38. The molecule has 1 aromatic carbocycles. The van der Waals surface area contributed by atoms with E-state index < -0.39 is 10.0 Å². The number of sulfonamides is 1. The molecule has 0 spiro atoms. The highest BCUT2D eigenvalue weighted by molar-refractivity contribution is 8.00. The van der Waals surface area contributed by atoms with Crippen molar-refractivity contribution in [1.82, 2.24) is 9.62 Å². The number of aliphatic imine (C=N–C) groups is 1. The third kappa shape index (κ3) is 4.16. The summed E-state index contributed by atoms with van der Waals surface area (Å²) < 4.78 is 33.1. The van der Waals surface area contributed by atoms with Gasteiger partial charge in [0.2, 0.25) is 0 Å². The molecule has 0 atom stereocenters. The van der Waals surface area contributed by atoms with Crippen molar-refractivity contribution in [3.63, 3.8) is 0 Å². The molecule has 7 heteroatoms. The molecule has 0 aliphatic carbocycles. The Morgan fingerprint density at radius 3 is 2.46 bits per heavy atom. The lowest BCUT2D eigenvalue weighted by atomic mass is 10.0. The van der Waals surface area contributed by atoms with Gasteiger partial charge in [-0.05, 0) is 24.0 Å². The van der Waals surface area contributed by atoms with Crippen LogP contribution in [0.15, 0.2) is 34.8 Å². The van der Waals surface area contributed by atoms with Crippen molar-refractivity contribution in [2.24, 2.45) is 4.99 Å². The van der Waals surface area contributed by atoms with E-state index in [1.807, 2.05) is 31.2 Å². The molecule has 0 amide bonds. The number of benzene rings is 1. The van der Waals surface area contributed by atoms with Crippen molar-refractivity contribution in [1.29, 1.82) is 0 Å². The van der Waals surface area contributed by atoms with E-state index in [1.165, 1.54) is 5.56 Å². The Morgan fingerprint density at radius 1 is 1.19 bits per heavy atom. The molecular weight excluding hydrogens is 350 g/mol. The first-order valence-corrected chi connectivity index (χ1v) is 10.6. The summed E-state index contributed by atoms with van der Waals surface area (Å²) in [6.07, 6.45) is 0. The summed E-state index contributed by atoms with van der Waals surface area (Å²) in [5.74, 6) is 0.871. The summed E-state index contributed by atoms with van der Waals surface area (Å²) in [7, 11) is -3.56. The molecule has 26 heavy (non-hydrogen) atoms. The minimum atomic E-state index is -3.56. The van der Waals surface area contributed by atoms with Crippen LogP contribution in [0.4, 0.5) is 0 Å². The highest BCUT2D eigenvalue weighted by atomic mass is 32.2. The van der Waals surface area contributed by atoms with Crippen molar-refractivity contribution in [3.05, 3.63) is 41.0 Å². The summed E-state index contributed by atoms with van der Waals surface area (Å²) in [4.78, 5) is 7.11. The SMILES string of the molecule is CC1=C(c2ccc(C(C)C)cc2)S(=O)(=O)NC1=NCCN1CCOCC1. The van der Waals surface area contributed by atoms with Gasteiger partial charge in [0.05, 0.1) is 19.8 Å². The van der Waals surface area contributed by atoms with Gasteiger partial charge < -0.3 is 4.74 Å². The third-order valence-electron chi connectivity index (χ3n) is 4.82. The number of hydrogen-bond donors (Lipinski definition) is 1. The van der Waals surface area contributed by atoms with Gasteiger partial charge in [-0.2, -0.15) is 0 Å². The highest BCUT2D eigenvalue weighted by Crippen LogP contribution is 2.30. The summed E-state index contributed by atoms with van der Waals surface area (Å²) >= 11 is 0. The zero-order valence-corrected chi connectivity index (χ0v) is 16.5. The van der Waals surface area contributed by atoms with Gasteiger partial charge in [-0.3, -0.25) is 14.6 Å². The van der Waals surface area contributed by atoms with E-state index in [-0.39, 0.29) is 0 Å². The van der Waals surface area contributed by atoms with E-state index in [1.54, 1.807) is 0 Å². The van der Waals surface area contributed by atoms with E-state index in [9.17, 15) is 8.42 Å². The second kappa shape index (κ2) is 7.90. The Labute approximate surface area is 156 Å². The number of amidine groups is 1. The molecule has 0 radical (unpaired) electrons. The van der Waals surface area contributed by atoms with Crippen LogP contribution in [0.25, 0.3) is 4.91 Å². The van der Waals surface area contributed by atoms with Crippen LogP contribution in [-0.4, -0.2) is 58.5 Å². The van der Waals surface area contributed by atoms with Crippen LogP contribution in [0.3, 0.4) is 0 Å². The maximum absolute atomic E-state index is 12.6. The number of morpholine rings is 1. The predicted octanol–water partition coefficient (Wildman–Crippen LogP) is 2.20. The molecule has 0 saturated carbocycles. The Hall–Kier alpha value is -1.70. The summed E-state index contributed by atoms with van der Waals surface area (Å²) in [6.45, 7) is 10.7. The quantitative estimate of drug-likeness (QED) is 0.854. The fourth-order valence-electron chi connectivity index (χ4n) is 3.23. The molecule has 0 unspecified atom stereocenters. The van der Waals surface area contributed by atoms with E-state index in [0.717, 1.165) is 32.8 Å². The average Bonchev–Trinajstić information content (AvgIpc) is 2.84.